The molecule has 6 nitrogen and oxygen atoms in total. The Hall–Kier alpha value is -2.28. The zero-order valence-corrected chi connectivity index (χ0v) is 13.3. The molecular weight excluding hydrogens is 298 g/mol. The van der Waals surface area contributed by atoms with Crippen molar-refractivity contribution < 1.29 is 7.65 Å². The van der Waals surface area contributed by atoms with Gasteiger partial charge < -0.3 is 10.3 Å². The van der Waals surface area contributed by atoms with Crippen LogP contribution < -0.4 is 5.32 Å². The third-order valence-electron chi connectivity index (χ3n) is 3.30. The summed E-state index contributed by atoms with van der Waals surface area (Å²) in [5.74, 6) is 0.518. The number of thiazole rings is 1. The first-order valence-corrected chi connectivity index (χ1v) is 8.05. The summed E-state index contributed by atoms with van der Waals surface area (Å²) in [4.78, 5) is 27.8. The van der Waals surface area contributed by atoms with Gasteiger partial charge in [0.15, 0.2) is 5.13 Å². The summed E-state index contributed by atoms with van der Waals surface area (Å²) in [5.41, 5.74) is 2.29. The van der Waals surface area contributed by atoms with Crippen LogP contribution in [-0.2, 0) is 4.79 Å². The molecule has 3 rings (SSSR count). The molecule has 2 N–H and O–H groups in total. The average Bonchev–Trinajstić information content (AvgIpc) is 3.13. The highest BCUT2D eigenvalue weighted by Crippen LogP contribution is 2.28. The number of rotatable bonds is 5. The molecule has 0 fully saturated rings. The number of fused-ring (bicyclic) bond motifs is 1. The van der Waals surface area contributed by atoms with E-state index in [2.05, 4.69) is 39.1 Å². The van der Waals surface area contributed by atoms with Gasteiger partial charge in [-0.25, -0.2) is 15.0 Å². The predicted molar refractivity (Wildman–Crippen MR) is 91.9 cm³/mol. The summed E-state index contributed by atoms with van der Waals surface area (Å²) in [6.45, 7) is 4.21. The molecule has 0 unspecified atom stereocenters. The Morgan fingerprint density at radius 3 is 3.14 bits per heavy atom. The van der Waals surface area contributed by atoms with E-state index in [1.54, 1.807) is 0 Å². The Kier molecular flexibility index (Phi) is 4.15. The van der Waals surface area contributed by atoms with Gasteiger partial charge in [-0.05, 0) is 18.4 Å². The van der Waals surface area contributed by atoms with Crippen LogP contribution in [0.4, 0.5) is 5.13 Å². The number of carbonyl (C=O) groups is 1. The maximum absolute atomic E-state index is 11.9. The smallest absolute Gasteiger partial charge is 0.226 e. The molecule has 3 heterocycles. The lowest BCUT2D eigenvalue weighted by atomic mass is 10.1. The van der Waals surface area contributed by atoms with Crippen LogP contribution in [0.2, 0.25) is 0 Å². The van der Waals surface area contributed by atoms with Crippen LogP contribution >= 0.6 is 11.3 Å². The molecule has 0 saturated carbocycles. The van der Waals surface area contributed by atoms with Crippen LogP contribution in [0.3, 0.4) is 0 Å². The first-order valence-electron chi connectivity index (χ1n) is 7.17. The van der Waals surface area contributed by atoms with Crippen LogP contribution in [0.5, 0.6) is 0 Å². The summed E-state index contributed by atoms with van der Waals surface area (Å²) in [7, 11) is 0. The molecule has 22 heavy (non-hydrogen) atoms. The summed E-state index contributed by atoms with van der Waals surface area (Å²) < 4.78 is 0. The van der Waals surface area contributed by atoms with Crippen molar-refractivity contribution in [3.8, 4) is 11.4 Å². The van der Waals surface area contributed by atoms with Gasteiger partial charge in [0.2, 0.25) is 5.91 Å². The fourth-order valence-electron chi connectivity index (χ4n) is 2.12. The van der Waals surface area contributed by atoms with Gasteiger partial charge in [-0.3, -0.25) is 4.79 Å². The normalized spacial score (nSPS) is 11.2. The highest BCUT2D eigenvalue weighted by Gasteiger charge is 2.12. The van der Waals surface area contributed by atoms with Gasteiger partial charge in [0.25, 0.3) is 0 Å². The van der Waals surface area contributed by atoms with Gasteiger partial charge in [-0.2, -0.15) is 0 Å². The van der Waals surface area contributed by atoms with E-state index in [9.17, 15) is 4.79 Å². The SMILES string of the molecule is CC(C)CCC(=O)Nc1nc(-c2ncnc3[nH]ccc23)cs1.[HH].[HH]. The quantitative estimate of drug-likeness (QED) is 0.746. The molecule has 0 aliphatic carbocycles. The van der Waals surface area contributed by atoms with Crippen LogP contribution in [0.25, 0.3) is 22.4 Å². The molecule has 118 valence electrons. The fourth-order valence-corrected chi connectivity index (χ4v) is 2.83. The first kappa shape index (κ1) is 14.6. The second-order valence-corrected chi connectivity index (χ2v) is 6.34. The van der Waals surface area contributed by atoms with Crippen molar-refractivity contribution in [3.05, 3.63) is 24.0 Å². The van der Waals surface area contributed by atoms with Crippen LogP contribution in [0.15, 0.2) is 24.0 Å². The third kappa shape index (κ3) is 3.14. The second kappa shape index (κ2) is 6.23. The summed E-state index contributed by atoms with van der Waals surface area (Å²) in [6, 6.07) is 1.92. The Morgan fingerprint density at radius 2 is 2.32 bits per heavy atom. The van der Waals surface area contributed by atoms with Crippen LogP contribution in [0, 0.1) is 5.92 Å². The molecule has 0 atom stereocenters. The molecule has 0 aromatic carbocycles. The van der Waals surface area contributed by atoms with Crippen LogP contribution in [-0.4, -0.2) is 25.8 Å². The van der Waals surface area contributed by atoms with E-state index in [0.29, 0.717) is 17.5 Å². The van der Waals surface area contributed by atoms with Gasteiger partial charge in [-0.15, -0.1) is 11.3 Å². The summed E-state index contributed by atoms with van der Waals surface area (Å²) >= 11 is 1.40. The molecule has 1 amide bonds. The number of amides is 1. The number of carbonyl (C=O) groups excluding carboxylic acids is 1. The number of nitrogens with zero attached hydrogens (tertiary/aromatic N) is 3. The number of aromatic nitrogens is 4. The van der Waals surface area contributed by atoms with Gasteiger partial charge in [0, 0.05) is 26.2 Å². The highest BCUT2D eigenvalue weighted by molar-refractivity contribution is 7.14. The number of hydrogen-bond donors (Lipinski definition) is 2. The molecular formula is C15H21N5OS. The lowest BCUT2D eigenvalue weighted by molar-refractivity contribution is -0.116. The third-order valence-corrected chi connectivity index (χ3v) is 4.05. The zero-order valence-electron chi connectivity index (χ0n) is 12.5. The molecule has 0 bridgehead atoms. The van der Waals surface area contributed by atoms with Crippen molar-refractivity contribution in [2.45, 2.75) is 26.7 Å². The van der Waals surface area contributed by atoms with E-state index in [4.69, 9.17) is 0 Å². The largest absolute Gasteiger partial charge is 0.346 e. The fraction of sp³-hybridized carbons (Fsp3) is 0.333. The topological polar surface area (TPSA) is 83.6 Å². The van der Waals surface area contributed by atoms with Crippen molar-refractivity contribution >= 4 is 33.4 Å². The predicted octanol–water partition coefficient (Wildman–Crippen LogP) is 3.95. The number of anilines is 1. The minimum Gasteiger partial charge on any atom is -0.346 e. The summed E-state index contributed by atoms with van der Waals surface area (Å²) in [5, 5.41) is 6.27. The maximum atomic E-state index is 11.9. The van der Waals surface area contributed by atoms with Crippen molar-refractivity contribution in [1.82, 2.24) is 19.9 Å². The highest BCUT2D eigenvalue weighted by atomic mass is 32.1. The zero-order chi connectivity index (χ0) is 15.5. The van der Waals surface area contributed by atoms with Crippen molar-refractivity contribution in [3.63, 3.8) is 0 Å². The Bertz CT molecular complexity index is 802. The van der Waals surface area contributed by atoms with E-state index >= 15 is 0 Å². The minimum absolute atomic E-state index is 0. The molecule has 0 spiro atoms. The van der Waals surface area contributed by atoms with Crippen molar-refractivity contribution in [2.24, 2.45) is 5.92 Å². The molecule has 0 radical (unpaired) electrons. The molecule has 0 saturated heterocycles. The van der Waals surface area contributed by atoms with E-state index in [1.165, 1.54) is 17.7 Å². The Balaban J connectivity index is 0.00000144. The molecule has 7 heteroatoms. The van der Waals surface area contributed by atoms with Gasteiger partial charge >= 0.3 is 0 Å². The van der Waals surface area contributed by atoms with Crippen LogP contribution in [0.1, 0.15) is 29.5 Å². The average molecular weight is 319 g/mol. The molecule has 0 aliphatic heterocycles. The minimum atomic E-state index is 0. The second-order valence-electron chi connectivity index (χ2n) is 5.48. The van der Waals surface area contributed by atoms with E-state index < -0.39 is 0 Å². The lowest BCUT2D eigenvalue weighted by Crippen LogP contribution is -2.11. The number of hydrogen-bond acceptors (Lipinski definition) is 5. The monoisotopic (exact) mass is 319 g/mol. The van der Waals surface area contributed by atoms with Gasteiger partial charge in [0.05, 0.1) is 0 Å². The Labute approximate surface area is 135 Å². The number of nitrogens with one attached hydrogen (secondary N) is 2. The molecule has 3 aromatic rings. The van der Waals surface area contributed by atoms with E-state index in [-0.39, 0.29) is 8.76 Å². The molecule has 0 aliphatic rings. The van der Waals surface area contributed by atoms with E-state index in [0.717, 1.165) is 28.8 Å². The van der Waals surface area contributed by atoms with Crippen molar-refractivity contribution in [2.75, 3.05) is 5.32 Å². The number of H-pyrrole nitrogens is 1. The van der Waals surface area contributed by atoms with Gasteiger partial charge in [-0.1, -0.05) is 13.8 Å². The maximum Gasteiger partial charge on any atom is 0.226 e. The van der Waals surface area contributed by atoms with Crippen molar-refractivity contribution in [1.29, 1.82) is 0 Å². The standard InChI is InChI=1S/C15H17N5OS.2H2/c1-9(2)3-4-12(21)20-15-19-11(7-22-15)13-10-5-6-16-14(10)18-8-17-13;;/h5-9H,3-4H2,1-2H3,(H,16,17,18)(H,19,20,21);2*1H. The first-order chi connectivity index (χ1) is 10.6. The summed E-state index contributed by atoms with van der Waals surface area (Å²) in [6.07, 6.45) is 4.72. The van der Waals surface area contributed by atoms with E-state index in [1.807, 2.05) is 17.6 Å². The number of aromatic amines is 1. The lowest BCUT2D eigenvalue weighted by Gasteiger charge is -2.03. The van der Waals surface area contributed by atoms with Gasteiger partial charge in [0.1, 0.15) is 23.4 Å². The Morgan fingerprint density at radius 1 is 1.45 bits per heavy atom. The molecule has 3 aromatic heterocycles.